The van der Waals surface area contributed by atoms with Crippen molar-refractivity contribution in [3.63, 3.8) is 0 Å². The molecule has 42 heavy (non-hydrogen) atoms. The Hall–Kier alpha value is -4.25. The van der Waals surface area contributed by atoms with Crippen LogP contribution >= 0.6 is 0 Å². The van der Waals surface area contributed by atoms with Crippen molar-refractivity contribution >= 4 is 27.5 Å². The van der Waals surface area contributed by atoms with Crippen molar-refractivity contribution < 1.29 is 32.2 Å². The molecule has 0 aliphatic carbocycles. The second-order valence-electron chi connectivity index (χ2n) is 10.0. The maximum Gasteiger partial charge on any atom is 0.264 e. The van der Waals surface area contributed by atoms with Gasteiger partial charge in [-0.15, -0.1) is 0 Å². The van der Waals surface area contributed by atoms with Gasteiger partial charge in [-0.05, 0) is 62.2 Å². The maximum absolute atomic E-state index is 14.1. The molecule has 1 heterocycles. The maximum atomic E-state index is 14.1. The summed E-state index contributed by atoms with van der Waals surface area (Å²) in [4.78, 5) is 28.7. The predicted octanol–water partition coefficient (Wildman–Crippen LogP) is 3.99. The van der Waals surface area contributed by atoms with Crippen LogP contribution in [0.25, 0.3) is 0 Å². The van der Waals surface area contributed by atoms with Crippen LogP contribution in [0.4, 0.5) is 5.69 Å². The van der Waals surface area contributed by atoms with E-state index in [9.17, 15) is 18.0 Å². The van der Waals surface area contributed by atoms with Crippen LogP contribution in [0.15, 0.2) is 77.7 Å². The van der Waals surface area contributed by atoms with Gasteiger partial charge in [0.15, 0.2) is 11.5 Å². The van der Waals surface area contributed by atoms with Crippen molar-refractivity contribution in [3.05, 3.63) is 78.4 Å². The first-order valence-electron chi connectivity index (χ1n) is 13.8. The summed E-state index contributed by atoms with van der Waals surface area (Å²) < 4.78 is 45.5. The normalized spacial score (nSPS) is 13.9. The highest BCUT2D eigenvalue weighted by Gasteiger charge is 2.33. The fraction of sp³-hybridized carbons (Fsp3) is 0.355. The highest BCUT2D eigenvalue weighted by Crippen LogP contribution is 2.36. The summed E-state index contributed by atoms with van der Waals surface area (Å²) in [6.45, 7) is 5.71. The van der Waals surface area contributed by atoms with E-state index in [4.69, 9.17) is 14.2 Å². The fourth-order valence-electron chi connectivity index (χ4n) is 4.41. The summed E-state index contributed by atoms with van der Waals surface area (Å²) in [5.41, 5.74) is 0.988. The molecule has 2 atom stereocenters. The van der Waals surface area contributed by atoms with Crippen LogP contribution in [0, 0.1) is 0 Å². The van der Waals surface area contributed by atoms with Gasteiger partial charge in [0.1, 0.15) is 31.5 Å². The topological polar surface area (TPSA) is 114 Å². The third kappa shape index (κ3) is 7.14. The van der Waals surface area contributed by atoms with Crippen LogP contribution in [0.1, 0.15) is 32.8 Å². The number of ether oxygens (including phenoxy) is 3. The number of hydrogen-bond donors (Lipinski definition) is 1. The summed E-state index contributed by atoms with van der Waals surface area (Å²) in [5.74, 6) is 0.647. The molecule has 2 amide bonds. The van der Waals surface area contributed by atoms with E-state index < -0.39 is 28.5 Å². The van der Waals surface area contributed by atoms with Gasteiger partial charge in [0.2, 0.25) is 11.8 Å². The molecule has 4 rings (SSSR count). The number of nitrogens with one attached hydrogen (secondary N) is 1. The van der Waals surface area contributed by atoms with Crippen LogP contribution < -0.4 is 23.8 Å². The number of rotatable bonds is 12. The van der Waals surface area contributed by atoms with E-state index in [1.165, 1.54) is 17.0 Å². The highest BCUT2D eigenvalue weighted by atomic mass is 32.2. The smallest absolute Gasteiger partial charge is 0.264 e. The second-order valence-corrected chi connectivity index (χ2v) is 11.9. The van der Waals surface area contributed by atoms with Crippen LogP contribution in [0.2, 0.25) is 0 Å². The Morgan fingerprint density at radius 1 is 0.952 bits per heavy atom. The Bertz CT molecular complexity index is 1480. The highest BCUT2D eigenvalue weighted by molar-refractivity contribution is 7.92. The van der Waals surface area contributed by atoms with Crippen molar-refractivity contribution in [2.24, 2.45) is 0 Å². The number of carbonyl (C=O) groups is 2. The first-order valence-corrected chi connectivity index (χ1v) is 15.3. The predicted molar refractivity (Wildman–Crippen MR) is 159 cm³/mol. The van der Waals surface area contributed by atoms with Crippen molar-refractivity contribution in [3.8, 4) is 17.2 Å². The number of sulfonamides is 1. The number of nitrogens with zero attached hydrogens (tertiary/aromatic N) is 2. The summed E-state index contributed by atoms with van der Waals surface area (Å²) in [6, 6.07) is 18.8. The summed E-state index contributed by atoms with van der Waals surface area (Å²) in [5, 5.41) is 2.93. The number of methoxy groups -OCH3 is 1. The molecule has 3 aromatic rings. The minimum Gasteiger partial charge on any atom is -0.497 e. The SMILES string of the molecule is CC[C@@H](C)NC(=O)[C@H](C)N(Cc1ccc(OC)cc1)C(=O)CN(c1ccc2c(c1)OCCO2)S(=O)(=O)c1ccccc1. The molecular weight excluding hydrogens is 558 g/mol. The third-order valence-corrected chi connectivity index (χ3v) is 8.89. The van der Waals surface area contributed by atoms with E-state index in [0.717, 1.165) is 16.3 Å². The van der Waals surface area contributed by atoms with Gasteiger partial charge in [-0.1, -0.05) is 37.3 Å². The number of amides is 2. The van der Waals surface area contributed by atoms with Crippen LogP contribution in [0.3, 0.4) is 0 Å². The molecule has 10 nitrogen and oxygen atoms in total. The first kappa shape index (κ1) is 30.7. The van der Waals surface area contributed by atoms with Gasteiger partial charge in [0.25, 0.3) is 10.0 Å². The second kappa shape index (κ2) is 13.6. The Kier molecular flexibility index (Phi) is 9.95. The lowest BCUT2D eigenvalue weighted by Gasteiger charge is -2.32. The monoisotopic (exact) mass is 595 g/mol. The third-order valence-electron chi connectivity index (χ3n) is 7.10. The largest absolute Gasteiger partial charge is 0.497 e. The van der Waals surface area contributed by atoms with Crippen molar-refractivity contribution in [2.45, 2.75) is 50.7 Å². The number of hydrogen-bond acceptors (Lipinski definition) is 7. The molecule has 11 heteroatoms. The van der Waals surface area contributed by atoms with Gasteiger partial charge in [-0.3, -0.25) is 13.9 Å². The summed E-state index contributed by atoms with van der Waals surface area (Å²) in [6.07, 6.45) is 0.720. The average Bonchev–Trinajstić information content (AvgIpc) is 3.02. The summed E-state index contributed by atoms with van der Waals surface area (Å²) in [7, 11) is -2.63. The molecule has 0 bridgehead atoms. The van der Waals surface area contributed by atoms with E-state index in [1.54, 1.807) is 74.7 Å². The van der Waals surface area contributed by atoms with Gasteiger partial charge in [-0.2, -0.15) is 0 Å². The van der Waals surface area contributed by atoms with Crippen LogP contribution in [-0.2, 0) is 26.2 Å². The quantitative estimate of drug-likeness (QED) is 0.337. The number of benzene rings is 3. The molecule has 1 aliphatic heterocycles. The first-order chi connectivity index (χ1) is 20.1. The van der Waals surface area contributed by atoms with E-state index in [-0.39, 0.29) is 29.1 Å². The van der Waals surface area contributed by atoms with Gasteiger partial charge in [0, 0.05) is 18.7 Å². The van der Waals surface area contributed by atoms with Crippen molar-refractivity contribution in [1.29, 1.82) is 0 Å². The van der Waals surface area contributed by atoms with Crippen molar-refractivity contribution in [1.82, 2.24) is 10.2 Å². The minimum absolute atomic E-state index is 0.0250. The molecule has 224 valence electrons. The molecule has 3 aromatic carbocycles. The minimum atomic E-state index is -4.19. The lowest BCUT2D eigenvalue weighted by molar-refractivity contribution is -0.139. The summed E-state index contributed by atoms with van der Waals surface area (Å²) >= 11 is 0. The van der Waals surface area contributed by atoms with E-state index in [0.29, 0.717) is 30.5 Å². The Labute approximate surface area is 247 Å². The molecular formula is C31H37N3O7S. The standard InChI is InChI=1S/C31H37N3O7S/c1-5-22(2)32-31(36)23(3)33(20-24-11-14-26(39-4)15-12-24)30(35)21-34(42(37,38)27-9-7-6-8-10-27)25-13-16-28-29(19-25)41-18-17-40-28/h6-16,19,22-23H,5,17-18,20-21H2,1-4H3,(H,32,36)/t22-,23+/m1/s1. The molecule has 0 saturated carbocycles. The lowest BCUT2D eigenvalue weighted by Crippen LogP contribution is -2.52. The average molecular weight is 596 g/mol. The Morgan fingerprint density at radius 3 is 2.26 bits per heavy atom. The van der Waals surface area contributed by atoms with E-state index in [2.05, 4.69) is 5.32 Å². The van der Waals surface area contributed by atoms with Crippen LogP contribution in [-0.4, -0.2) is 64.1 Å². The molecule has 0 saturated heterocycles. The molecule has 0 unspecified atom stereocenters. The molecule has 0 spiro atoms. The number of carbonyl (C=O) groups excluding carboxylic acids is 2. The van der Waals surface area contributed by atoms with E-state index >= 15 is 0 Å². The Morgan fingerprint density at radius 2 is 1.62 bits per heavy atom. The molecule has 0 aromatic heterocycles. The van der Waals surface area contributed by atoms with Crippen molar-refractivity contribution in [2.75, 3.05) is 31.2 Å². The number of anilines is 1. The fourth-order valence-corrected chi connectivity index (χ4v) is 5.84. The zero-order valence-corrected chi connectivity index (χ0v) is 25.1. The van der Waals surface area contributed by atoms with E-state index in [1.807, 2.05) is 13.8 Å². The molecule has 1 aliphatic rings. The zero-order chi connectivity index (χ0) is 30.3. The van der Waals surface area contributed by atoms with Gasteiger partial charge in [0.05, 0.1) is 17.7 Å². The molecule has 1 N–H and O–H groups in total. The zero-order valence-electron chi connectivity index (χ0n) is 24.3. The number of fused-ring (bicyclic) bond motifs is 1. The van der Waals surface area contributed by atoms with Gasteiger partial charge >= 0.3 is 0 Å². The Balaban J connectivity index is 1.72. The molecule has 0 fully saturated rings. The molecule has 0 radical (unpaired) electrons. The van der Waals surface area contributed by atoms with Crippen LogP contribution in [0.5, 0.6) is 17.2 Å². The van der Waals surface area contributed by atoms with Gasteiger partial charge in [-0.25, -0.2) is 8.42 Å². The lowest BCUT2D eigenvalue weighted by atomic mass is 10.1. The van der Waals surface area contributed by atoms with Gasteiger partial charge < -0.3 is 24.4 Å².